The van der Waals surface area contributed by atoms with Gasteiger partial charge in [0.05, 0.1) is 0 Å². The minimum atomic E-state index is -0.159. The molecule has 0 aromatic heterocycles. The Labute approximate surface area is 244 Å². The van der Waals surface area contributed by atoms with Crippen molar-refractivity contribution in [2.24, 2.45) is 5.41 Å². The van der Waals surface area contributed by atoms with Crippen LogP contribution in [0.1, 0.15) is 71.6 Å². The maximum atomic E-state index is 14.1. The van der Waals surface area contributed by atoms with Crippen LogP contribution in [0.25, 0.3) is 11.1 Å². The standard InChI is InChI=1S/C36H43N3O2/c1-3-4-7-27-10-12-28(13-11-27)30-14-15-33(26(2)20-30)35(41)39-23-31-9-6-5-8-29(31)21-32(39)22-34(40)37-24-36-16-18-38(25-36)19-17-36/h5-6,8-15,20,32H,3-4,7,16-19,21-25H2,1-2H3,(H,37,40)/t32-/m0/s1. The molecule has 3 heterocycles. The average molecular weight is 550 g/mol. The molecule has 0 spiro atoms. The third-order valence-corrected chi connectivity index (χ3v) is 9.74. The summed E-state index contributed by atoms with van der Waals surface area (Å²) in [5.41, 5.74) is 8.01. The molecule has 5 nitrogen and oxygen atoms in total. The fourth-order valence-corrected chi connectivity index (χ4v) is 7.11. The summed E-state index contributed by atoms with van der Waals surface area (Å²) in [5.74, 6) is 0.0680. The van der Waals surface area contributed by atoms with E-state index in [9.17, 15) is 9.59 Å². The Bertz CT molecular complexity index is 1400. The third kappa shape index (κ3) is 5.97. The molecule has 0 radical (unpaired) electrons. The molecule has 41 heavy (non-hydrogen) atoms. The molecule has 0 aliphatic carbocycles. The molecule has 1 atom stereocenters. The predicted octanol–water partition coefficient (Wildman–Crippen LogP) is 6.17. The van der Waals surface area contributed by atoms with Crippen LogP contribution in [0.15, 0.2) is 66.7 Å². The first kappa shape index (κ1) is 27.7. The average Bonchev–Trinajstić information content (AvgIpc) is 3.60. The molecule has 2 saturated heterocycles. The number of fused-ring (bicyclic) bond motifs is 3. The molecule has 2 fully saturated rings. The number of carbonyl (C=O) groups is 2. The Kier molecular flexibility index (Phi) is 7.99. The number of unbranched alkanes of at least 4 members (excludes halogenated alkanes) is 1. The van der Waals surface area contributed by atoms with Crippen LogP contribution in [0, 0.1) is 12.3 Å². The van der Waals surface area contributed by atoms with Gasteiger partial charge in [-0.15, -0.1) is 0 Å². The van der Waals surface area contributed by atoms with Gasteiger partial charge < -0.3 is 15.1 Å². The second-order valence-electron chi connectivity index (χ2n) is 12.6. The Morgan fingerprint density at radius 2 is 1.68 bits per heavy atom. The second-order valence-corrected chi connectivity index (χ2v) is 12.6. The lowest BCUT2D eigenvalue weighted by Crippen LogP contribution is -2.47. The lowest BCUT2D eigenvalue weighted by molar-refractivity contribution is -0.122. The van der Waals surface area contributed by atoms with Crippen molar-refractivity contribution >= 4 is 11.8 Å². The summed E-state index contributed by atoms with van der Waals surface area (Å²) in [6, 6.07) is 23.1. The number of hydrogen-bond donors (Lipinski definition) is 1. The number of nitrogens with one attached hydrogen (secondary N) is 1. The summed E-state index contributed by atoms with van der Waals surface area (Å²) in [4.78, 5) is 31.8. The maximum absolute atomic E-state index is 14.1. The van der Waals surface area contributed by atoms with Gasteiger partial charge in [0.15, 0.2) is 0 Å². The van der Waals surface area contributed by atoms with Crippen molar-refractivity contribution < 1.29 is 9.59 Å². The zero-order chi connectivity index (χ0) is 28.4. The number of benzene rings is 3. The smallest absolute Gasteiger partial charge is 0.254 e. The largest absolute Gasteiger partial charge is 0.355 e. The number of nitrogens with zero attached hydrogens (tertiary/aromatic N) is 2. The van der Waals surface area contributed by atoms with Crippen LogP contribution in [0.5, 0.6) is 0 Å². The molecule has 3 aromatic rings. The number of carbonyl (C=O) groups excluding carboxylic acids is 2. The van der Waals surface area contributed by atoms with Crippen molar-refractivity contribution in [1.82, 2.24) is 15.1 Å². The van der Waals surface area contributed by atoms with E-state index in [2.05, 4.69) is 71.7 Å². The van der Waals surface area contributed by atoms with Gasteiger partial charge in [0.2, 0.25) is 5.91 Å². The minimum absolute atomic E-state index is 0.0112. The molecule has 3 aromatic carbocycles. The number of rotatable bonds is 9. The minimum Gasteiger partial charge on any atom is -0.355 e. The third-order valence-electron chi connectivity index (χ3n) is 9.74. The zero-order valence-electron chi connectivity index (χ0n) is 24.6. The summed E-state index contributed by atoms with van der Waals surface area (Å²) in [5, 5.41) is 3.26. The van der Waals surface area contributed by atoms with Gasteiger partial charge in [0.25, 0.3) is 5.91 Å². The first-order valence-electron chi connectivity index (χ1n) is 15.5. The van der Waals surface area contributed by atoms with Crippen LogP contribution in [0.2, 0.25) is 0 Å². The van der Waals surface area contributed by atoms with Crippen molar-refractivity contribution in [1.29, 1.82) is 0 Å². The van der Waals surface area contributed by atoms with Crippen molar-refractivity contribution in [2.75, 3.05) is 26.2 Å². The first-order valence-corrected chi connectivity index (χ1v) is 15.5. The van der Waals surface area contributed by atoms with E-state index in [0.29, 0.717) is 24.9 Å². The van der Waals surface area contributed by atoms with Crippen molar-refractivity contribution in [3.8, 4) is 11.1 Å². The van der Waals surface area contributed by atoms with Crippen molar-refractivity contribution in [2.45, 2.75) is 71.4 Å². The van der Waals surface area contributed by atoms with Gasteiger partial charge >= 0.3 is 0 Å². The fraction of sp³-hybridized carbons (Fsp3) is 0.444. The highest BCUT2D eigenvalue weighted by molar-refractivity contribution is 5.97. The maximum Gasteiger partial charge on any atom is 0.254 e. The topological polar surface area (TPSA) is 52.7 Å². The van der Waals surface area contributed by atoms with Gasteiger partial charge in [-0.3, -0.25) is 9.59 Å². The predicted molar refractivity (Wildman–Crippen MR) is 165 cm³/mol. The van der Waals surface area contributed by atoms with E-state index in [1.54, 1.807) is 0 Å². The molecule has 0 saturated carbocycles. The molecule has 0 unspecified atom stereocenters. The lowest BCUT2D eigenvalue weighted by Gasteiger charge is -2.37. The van der Waals surface area contributed by atoms with E-state index in [4.69, 9.17) is 0 Å². The monoisotopic (exact) mass is 549 g/mol. The second kappa shape index (κ2) is 11.8. The van der Waals surface area contributed by atoms with Crippen molar-refractivity contribution in [3.63, 3.8) is 0 Å². The van der Waals surface area contributed by atoms with Gasteiger partial charge in [-0.05, 0) is 91.6 Å². The Hall–Kier alpha value is -3.44. The summed E-state index contributed by atoms with van der Waals surface area (Å²) in [6.45, 7) is 8.94. The SMILES string of the molecule is CCCCc1ccc(-c2ccc(C(=O)N3Cc4ccccc4C[C@H]3CC(=O)NCC34CCN(CC3)C4)c(C)c2)cc1. The van der Waals surface area contributed by atoms with E-state index in [1.165, 1.54) is 47.9 Å². The summed E-state index contributed by atoms with van der Waals surface area (Å²) >= 11 is 0. The van der Waals surface area contributed by atoms with Crippen LogP contribution in [-0.4, -0.2) is 53.8 Å². The van der Waals surface area contributed by atoms with Gasteiger partial charge in [-0.2, -0.15) is 0 Å². The number of aryl methyl sites for hydroxylation is 2. The lowest BCUT2D eigenvalue weighted by atomic mass is 9.84. The summed E-state index contributed by atoms with van der Waals surface area (Å²) < 4.78 is 0. The highest BCUT2D eigenvalue weighted by Gasteiger charge is 2.43. The van der Waals surface area contributed by atoms with Crippen LogP contribution >= 0.6 is 0 Å². The molecular formula is C36H43N3O2. The fourth-order valence-electron chi connectivity index (χ4n) is 7.11. The molecule has 3 aliphatic heterocycles. The molecular weight excluding hydrogens is 506 g/mol. The normalized spacial score (nSPS) is 22.9. The van der Waals surface area contributed by atoms with Crippen molar-refractivity contribution in [3.05, 3.63) is 94.5 Å². The number of hydrogen-bond acceptors (Lipinski definition) is 3. The van der Waals surface area contributed by atoms with E-state index in [0.717, 1.165) is 43.7 Å². The van der Waals surface area contributed by atoms with Crippen LogP contribution in [0.3, 0.4) is 0 Å². The Morgan fingerprint density at radius 3 is 2.37 bits per heavy atom. The van der Waals surface area contributed by atoms with E-state index < -0.39 is 0 Å². The quantitative estimate of drug-likeness (QED) is 0.347. The Balaban J connectivity index is 1.18. The van der Waals surface area contributed by atoms with Gasteiger partial charge in [0, 0.05) is 43.1 Å². The highest BCUT2D eigenvalue weighted by atomic mass is 16.2. The summed E-state index contributed by atoms with van der Waals surface area (Å²) in [6.07, 6.45) is 6.90. The van der Waals surface area contributed by atoms with Gasteiger partial charge in [-0.1, -0.05) is 74.0 Å². The number of piperidine rings is 1. The zero-order valence-corrected chi connectivity index (χ0v) is 24.6. The molecule has 1 N–H and O–H groups in total. The van der Waals surface area contributed by atoms with Crippen LogP contribution in [0.4, 0.5) is 0 Å². The highest BCUT2D eigenvalue weighted by Crippen LogP contribution is 2.39. The molecule has 2 bridgehead atoms. The van der Waals surface area contributed by atoms with E-state index >= 15 is 0 Å². The van der Waals surface area contributed by atoms with Crippen LogP contribution in [-0.2, 0) is 24.2 Å². The molecule has 3 aliphatic rings. The van der Waals surface area contributed by atoms with Gasteiger partial charge in [0.1, 0.15) is 0 Å². The molecule has 6 rings (SSSR count). The van der Waals surface area contributed by atoms with Crippen LogP contribution < -0.4 is 5.32 Å². The molecule has 2 amide bonds. The molecule has 214 valence electrons. The first-order chi connectivity index (χ1) is 19.9. The van der Waals surface area contributed by atoms with E-state index in [1.807, 2.05) is 24.0 Å². The van der Waals surface area contributed by atoms with Gasteiger partial charge in [-0.25, -0.2) is 0 Å². The number of amides is 2. The molecule has 5 heteroatoms. The van der Waals surface area contributed by atoms with E-state index in [-0.39, 0.29) is 23.3 Å². The Morgan fingerprint density at radius 1 is 0.951 bits per heavy atom. The summed E-state index contributed by atoms with van der Waals surface area (Å²) in [7, 11) is 0.